The first kappa shape index (κ1) is 18.9. The molecule has 2 N–H and O–H groups in total. The molecule has 2 heterocycles. The number of rotatable bonds is 6. The summed E-state index contributed by atoms with van der Waals surface area (Å²) < 4.78 is 5.48. The van der Waals surface area contributed by atoms with Crippen LogP contribution in [0.15, 0.2) is 41.7 Å². The Balaban J connectivity index is 2.02. The SMILES string of the molecule is C=CCOc1cccc(/C=C(\Cl)c2nc3sc(C(=O)O)c(C)c3c(=O)[nH]2)c1. The minimum Gasteiger partial charge on any atom is -0.490 e. The molecule has 1 aromatic carbocycles. The standard InChI is InChI=1S/C19H15ClN2O4S/c1-3-7-26-12-6-4-5-11(8-12)9-13(20)16-21-17(23)14-10(2)15(19(24)25)27-18(14)22-16/h3-6,8-9H,1,7H2,2H3,(H,24,25)(H,21,22,23)/b13-9-. The number of carboxylic acids is 1. The Morgan fingerprint density at radius 1 is 1.48 bits per heavy atom. The topological polar surface area (TPSA) is 92.3 Å². The first-order valence-electron chi connectivity index (χ1n) is 7.88. The maximum Gasteiger partial charge on any atom is 0.346 e. The zero-order valence-electron chi connectivity index (χ0n) is 14.3. The smallest absolute Gasteiger partial charge is 0.346 e. The van der Waals surface area contributed by atoms with Crippen molar-refractivity contribution in [3.8, 4) is 5.75 Å². The second-order valence-electron chi connectivity index (χ2n) is 5.62. The number of thiophene rings is 1. The molecule has 0 saturated heterocycles. The molecular weight excluding hydrogens is 388 g/mol. The Hall–Kier alpha value is -2.90. The number of ether oxygens (including phenoxy) is 1. The summed E-state index contributed by atoms with van der Waals surface area (Å²) in [6.45, 7) is 5.58. The van der Waals surface area contributed by atoms with Gasteiger partial charge in [0.05, 0.1) is 10.4 Å². The highest BCUT2D eigenvalue weighted by Gasteiger charge is 2.19. The van der Waals surface area contributed by atoms with Crippen LogP contribution in [0.2, 0.25) is 0 Å². The van der Waals surface area contributed by atoms with Gasteiger partial charge in [-0.05, 0) is 36.3 Å². The van der Waals surface area contributed by atoms with Gasteiger partial charge in [0.1, 0.15) is 22.1 Å². The molecule has 0 aliphatic heterocycles. The third-order valence-electron chi connectivity index (χ3n) is 3.74. The maximum absolute atomic E-state index is 12.4. The van der Waals surface area contributed by atoms with Crippen molar-refractivity contribution in [3.05, 3.63) is 69.1 Å². The molecule has 0 bridgehead atoms. The van der Waals surface area contributed by atoms with Crippen LogP contribution in [0.3, 0.4) is 0 Å². The van der Waals surface area contributed by atoms with Crippen LogP contribution in [0.1, 0.15) is 26.6 Å². The van der Waals surface area contributed by atoms with Crippen molar-refractivity contribution in [2.45, 2.75) is 6.92 Å². The Morgan fingerprint density at radius 2 is 2.26 bits per heavy atom. The Labute approximate surface area is 163 Å². The van der Waals surface area contributed by atoms with E-state index in [9.17, 15) is 14.7 Å². The van der Waals surface area contributed by atoms with E-state index in [0.29, 0.717) is 22.8 Å². The van der Waals surface area contributed by atoms with Crippen LogP contribution in [0, 0.1) is 6.92 Å². The number of halogens is 1. The number of nitrogens with one attached hydrogen (secondary N) is 1. The monoisotopic (exact) mass is 402 g/mol. The summed E-state index contributed by atoms with van der Waals surface area (Å²) in [5.74, 6) is -0.260. The van der Waals surface area contributed by atoms with Gasteiger partial charge in [0.25, 0.3) is 5.56 Å². The van der Waals surface area contributed by atoms with E-state index in [1.807, 2.05) is 18.2 Å². The third-order valence-corrected chi connectivity index (χ3v) is 5.20. The molecule has 0 fully saturated rings. The molecule has 0 saturated carbocycles. The number of hydrogen-bond donors (Lipinski definition) is 2. The van der Waals surface area contributed by atoms with Crippen molar-refractivity contribution in [2.75, 3.05) is 6.61 Å². The van der Waals surface area contributed by atoms with E-state index in [1.165, 1.54) is 0 Å². The van der Waals surface area contributed by atoms with Crippen molar-refractivity contribution in [2.24, 2.45) is 0 Å². The van der Waals surface area contributed by atoms with Gasteiger partial charge in [0, 0.05) is 0 Å². The molecule has 0 spiro atoms. The average Bonchev–Trinajstić information content (AvgIpc) is 2.97. The number of aryl methyl sites for hydroxylation is 1. The molecule has 0 radical (unpaired) electrons. The largest absolute Gasteiger partial charge is 0.490 e. The van der Waals surface area contributed by atoms with Gasteiger partial charge >= 0.3 is 5.97 Å². The maximum atomic E-state index is 12.4. The first-order chi connectivity index (χ1) is 12.9. The highest BCUT2D eigenvalue weighted by atomic mass is 35.5. The van der Waals surface area contributed by atoms with Crippen molar-refractivity contribution in [1.29, 1.82) is 0 Å². The van der Waals surface area contributed by atoms with Crippen molar-refractivity contribution in [1.82, 2.24) is 9.97 Å². The summed E-state index contributed by atoms with van der Waals surface area (Å²) in [7, 11) is 0. The number of nitrogens with zero attached hydrogens (tertiary/aromatic N) is 1. The van der Waals surface area contributed by atoms with E-state index in [0.717, 1.165) is 16.9 Å². The van der Waals surface area contributed by atoms with Crippen LogP contribution in [0.4, 0.5) is 0 Å². The van der Waals surface area contributed by atoms with Crippen molar-refractivity contribution in [3.63, 3.8) is 0 Å². The van der Waals surface area contributed by atoms with Crippen LogP contribution in [-0.4, -0.2) is 27.7 Å². The van der Waals surface area contributed by atoms with E-state index >= 15 is 0 Å². The van der Waals surface area contributed by atoms with Crippen LogP contribution < -0.4 is 10.3 Å². The quantitative estimate of drug-likeness (QED) is 0.600. The lowest BCUT2D eigenvalue weighted by molar-refractivity contribution is 0.0701. The summed E-state index contributed by atoms with van der Waals surface area (Å²) >= 11 is 7.29. The molecule has 3 aromatic rings. The van der Waals surface area contributed by atoms with Crippen molar-refractivity contribution >= 4 is 50.2 Å². The zero-order valence-corrected chi connectivity index (χ0v) is 15.9. The van der Waals surface area contributed by atoms with E-state index in [-0.39, 0.29) is 21.1 Å². The molecular formula is C19H15ClN2O4S. The predicted molar refractivity (Wildman–Crippen MR) is 108 cm³/mol. The lowest BCUT2D eigenvalue weighted by Gasteiger charge is -2.04. The molecule has 0 aliphatic rings. The fraction of sp³-hybridized carbons (Fsp3) is 0.105. The third kappa shape index (κ3) is 3.94. The van der Waals surface area contributed by atoms with Crippen LogP contribution in [-0.2, 0) is 0 Å². The second kappa shape index (κ2) is 7.77. The number of aromatic amines is 1. The van der Waals surface area contributed by atoms with Crippen LogP contribution in [0.5, 0.6) is 5.75 Å². The molecule has 0 atom stereocenters. The van der Waals surface area contributed by atoms with E-state index in [2.05, 4.69) is 16.5 Å². The normalized spacial score (nSPS) is 11.6. The fourth-order valence-electron chi connectivity index (χ4n) is 2.52. The number of fused-ring (bicyclic) bond motifs is 1. The second-order valence-corrected chi connectivity index (χ2v) is 7.03. The summed E-state index contributed by atoms with van der Waals surface area (Å²) in [5, 5.41) is 9.72. The number of aromatic nitrogens is 2. The van der Waals surface area contributed by atoms with Crippen LogP contribution in [0.25, 0.3) is 21.3 Å². The number of aromatic carboxylic acids is 1. The molecule has 138 valence electrons. The molecule has 2 aromatic heterocycles. The number of H-pyrrole nitrogens is 1. The molecule has 3 rings (SSSR count). The Morgan fingerprint density at radius 3 is 2.96 bits per heavy atom. The summed E-state index contributed by atoms with van der Waals surface area (Å²) in [6.07, 6.45) is 3.29. The molecule has 0 unspecified atom stereocenters. The number of carbonyl (C=O) groups is 1. The lowest BCUT2D eigenvalue weighted by Crippen LogP contribution is -2.10. The molecule has 0 aliphatic carbocycles. The van der Waals surface area contributed by atoms with Gasteiger partial charge in [0.15, 0.2) is 5.82 Å². The van der Waals surface area contributed by atoms with Gasteiger partial charge in [-0.25, -0.2) is 9.78 Å². The average molecular weight is 403 g/mol. The van der Waals surface area contributed by atoms with Crippen LogP contribution >= 0.6 is 22.9 Å². The number of benzene rings is 1. The van der Waals surface area contributed by atoms with Gasteiger partial charge in [-0.2, -0.15) is 0 Å². The fourth-order valence-corrected chi connectivity index (χ4v) is 3.76. The highest BCUT2D eigenvalue weighted by molar-refractivity contribution is 7.20. The lowest BCUT2D eigenvalue weighted by atomic mass is 10.2. The van der Waals surface area contributed by atoms with Gasteiger partial charge in [-0.1, -0.05) is 36.4 Å². The van der Waals surface area contributed by atoms with Crippen molar-refractivity contribution < 1.29 is 14.6 Å². The Bertz CT molecular complexity index is 1130. The zero-order chi connectivity index (χ0) is 19.6. The minimum absolute atomic E-state index is 0.0901. The van der Waals surface area contributed by atoms with Gasteiger partial charge < -0.3 is 14.8 Å². The summed E-state index contributed by atoms with van der Waals surface area (Å²) in [6, 6.07) is 7.25. The van der Waals surface area contributed by atoms with Gasteiger partial charge in [-0.3, -0.25) is 4.79 Å². The first-order valence-corrected chi connectivity index (χ1v) is 9.08. The highest BCUT2D eigenvalue weighted by Crippen LogP contribution is 2.29. The number of carboxylic acid groups (broad SMARTS) is 1. The summed E-state index contributed by atoms with van der Waals surface area (Å²) in [4.78, 5) is 31.0. The summed E-state index contributed by atoms with van der Waals surface area (Å²) in [5.41, 5.74) is 0.735. The van der Waals surface area contributed by atoms with E-state index in [4.69, 9.17) is 16.3 Å². The van der Waals surface area contributed by atoms with E-state index < -0.39 is 11.5 Å². The minimum atomic E-state index is -1.09. The van der Waals surface area contributed by atoms with Gasteiger partial charge in [0.2, 0.25) is 0 Å². The molecule has 0 amide bonds. The molecule has 6 nitrogen and oxygen atoms in total. The van der Waals surface area contributed by atoms with Gasteiger partial charge in [-0.15, -0.1) is 11.3 Å². The molecule has 27 heavy (non-hydrogen) atoms. The van der Waals surface area contributed by atoms with E-state index in [1.54, 1.807) is 25.1 Å². The number of hydrogen-bond acceptors (Lipinski definition) is 5. The Kier molecular flexibility index (Phi) is 5.43. The molecule has 8 heteroatoms. The predicted octanol–water partition coefficient (Wildman–Crippen LogP) is 4.29.